The molecule has 120 valence electrons. The fourth-order valence-electron chi connectivity index (χ4n) is 2.46. The maximum Gasteiger partial charge on any atom is 0.262 e. The fourth-order valence-corrected chi connectivity index (χ4v) is 3.53. The number of hydrogen-bond acceptors (Lipinski definition) is 5. The zero-order chi connectivity index (χ0) is 16.3. The van der Waals surface area contributed by atoms with Crippen molar-refractivity contribution >= 4 is 15.7 Å². The Balaban J connectivity index is 1.73. The van der Waals surface area contributed by atoms with E-state index in [0.717, 1.165) is 19.4 Å². The van der Waals surface area contributed by atoms with Crippen LogP contribution in [0.1, 0.15) is 18.4 Å². The van der Waals surface area contributed by atoms with Crippen LogP contribution in [0.2, 0.25) is 0 Å². The van der Waals surface area contributed by atoms with Crippen molar-refractivity contribution in [3.05, 3.63) is 42.2 Å². The smallest absolute Gasteiger partial charge is 0.262 e. The number of ether oxygens (including phenoxy) is 1. The molecule has 3 rings (SSSR count). The lowest BCUT2D eigenvalue weighted by molar-refractivity contribution is 0.0940. The van der Waals surface area contributed by atoms with Gasteiger partial charge in [0.25, 0.3) is 10.0 Å². The summed E-state index contributed by atoms with van der Waals surface area (Å²) in [6.45, 7) is 1.37. The fraction of sp³-hybridized carbons (Fsp3) is 0.333. The molecular weight excluding hydrogens is 316 g/mol. The Bertz CT molecular complexity index is 832. The molecule has 1 aliphatic heterocycles. The molecule has 0 amide bonds. The van der Waals surface area contributed by atoms with Crippen molar-refractivity contribution in [2.45, 2.75) is 30.4 Å². The molecule has 23 heavy (non-hydrogen) atoms. The first kappa shape index (κ1) is 15.5. The monoisotopic (exact) mass is 332 g/mol. The molecular formula is C15H16N4O3S. The van der Waals surface area contributed by atoms with Crippen molar-refractivity contribution in [3.8, 4) is 6.07 Å². The number of hydrogen-bond donors (Lipinski definition) is 1. The Morgan fingerprint density at radius 3 is 3.09 bits per heavy atom. The van der Waals surface area contributed by atoms with Gasteiger partial charge < -0.3 is 4.74 Å². The maximum atomic E-state index is 12.3. The van der Waals surface area contributed by atoms with Crippen molar-refractivity contribution in [3.63, 3.8) is 0 Å². The molecule has 1 aromatic heterocycles. The third-order valence-electron chi connectivity index (χ3n) is 3.57. The normalized spacial score (nSPS) is 17.8. The molecule has 2 aromatic rings. The number of benzene rings is 1. The van der Waals surface area contributed by atoms with Gasteiger partial charge in [-0.1, -0.05) is 6.07 Å². The van der Waals surface area contributed by atoms with Gasteiger partial charge in [-0.2, -0.15) is 10.4 Å². The highest BCUT2D eigenvalue weighted by atomic mass is 32.2. The van der Waals surface area contributed by atoms with E-state index in [4.69, 9.17) is 10.00 Å². The van der Waals surface area contributed by atoms with Crippen molar-refractivity contribution in [1.29, 1.82) is 5.26 Å². The number of aromatic nitrogens is 2. The third kappa shape index (κ3) is 3.70. The van der Waals surface area contributed by atoms with Crippen LogP contribution in [-0.2, 0) is 21.3 Å². The van der Waals surface area contributed by atoms with Gasteiger partial charge in [0.2, 0.25) is 0 Å². The Kier molecular flexibility index (Phi) is 4.32. The summed E-state index contributed by atoms with van der Waals surface area (Å²) >= 11 is 0. The molecule has 0 radical (unpaired) electrons. The van der Waals surface area contributed by atoms with E-state index >= 15 is 0 Å². The number of rotatable bonds is 5. The summed E-state index contributed by atoms with van der Waals surface area (Å²) in [4.78, 5) is 0.0448. The molecule has 1 unspecified atom stereocenters. The lowest BCUT2D eigenvalue weighted by atomic mass is 10.2. The molecule has 1 fully saturated rings. The average Bonchev–Trinajstić information content (AvgIpc) is 3.20. The minimum atomic E-state index is -3.75. The Morgan fingerprint density at radius 2 is 2.35 bits per heavy atom. The first-order chi connectivity index (χ1) is 11.1. The number of anilines is 1. The van der Waals surface area contributed by atoms with Gasteiger partial charge in [-0.05, 0) is 31.0 Å². The summed E-state index contributed by atoms with van der Waals surface area (Å²) in [6.07, 6.45) is 5.25. The van der Waals surface area contributed by atoms with E-state index in [9.17, 15) is 8.42 Å². The van der Waals surface area contributed by atoms with Gasteiger partial charge in [-0.25, -0.2) is 8.42 Å². The van der Waals surface area contributed by atoms with E-state index in [-0.39, 0.29) is 11.0 Å². The number of nitriles is 1. The minimum absolute atomic E-state index is 0.0448. The summed E-state index contributed by atoms with van der Waals surface area (Å²) in [6, 6.07) is 7.79. The van der Waals surface area contributed by atoms with E-state index in [1.165, 1.54) is 24.4 Å². The second kappa shape index (κ2) is 6.40. The van der Waals surface area contributed by atoms with Gasteiger partial charge in [-0.3, -0.25) is 9.40 Å². The van der Waals surface area contributed by atoms with Crippen LogP contribution in [0, 0.1) is 11.3 Å². The first-order valence-corrected chi connectivity index (χ1v) is 8.72. The lowest BCUT2D eigenvalue weighted by Gasteiger charge is -2.08. The molecule has 1 saturated heterocycles. The number of nitrogens with zero attached hydrogens (tertiary/aromatic N) is 3. The summed E-state index contributed by atoms with van der Waals surface area (Å²) in [5.74, 6) is 0. The van der Waals surface area contributed by atoms with E-state index in [1.54, 1.807) is 16.9 Å². The Hall–Kier alpha value is -2.37. The summed E-state index contributed by atoms with van der Waals surface area (Å²) < 4.78 is 34.4. The summed E-state index contributed by atoms with van der Waals surface area (Å²) in [5, 5.41) is 13.0. The molecule has 1 atom stereocenters. The molecule has 1 N–H and O–H groups in total. The molecule has 1 aromatic carbocycles. The number of sulfonamides is 1. The van der Waals surface area contributed by atoms with Gasteiger partial charge in [0.05, 0.1) is 41.1 Å². The average molecular weight is 332 g/mol. The van der Waals surface area contributed by atoms with Crippen molar-refractivity contribution in [2.24, 2.45) is 0 Å². The van der Waals surface area contributed by atoms with Gasteiger partial charge in [0.15, 0.2) is 0 Å². The van der Waals surface area contributed by atoms with E-state index in [1.807, 2.05) is 6.07 Å². The van der Waals surface area contributed by atoms with Gasteiger partial charge in [0, 0.05) is 12.8 Å². The summed E-state index contributed by atoms with van der Waals surface area (Å²) in [7, 11) is -3.75. The van der Waals surface area contributed by atoms with Crippen molar-refractivity contribution in [1.82, 2.24) is 9.78 Å². The van der Waals surface area contributed by atoms with Crippen molar-refractivity contribution < 1.29 is 13.2 Å². The Morgan fingerprint density at radius 1 is 1.48 bits per heavy atom. The van der Waals surface area contributed by atoms with Gasteiger partial charge in [0.1, 0.15) is 0 Å². The standard InChI is InChI=1S/C15H16N4O3S/c16-8-12-3-1-5-15(7-12)23(20,21)18-13-9-17-19(10-13)11-14-4-2-6-22-14/h1,3,5,7,9-10,14,18H,2,4,6,11H2. The van der Waals surface area contributed by atoms with Crippen LogP contribution in [0.25, 0.3) is 0 Å². The number of nitrogens with one attached hydrogen (secondary N) is 1. The highest BCUT2D eigenvalue weighted by Gasteiger charge is 2.18. The van der Waals surface area contributed by atoms with Crippen LogP contribution in [0.3, 0.4) is 0 Å². The summed E-state index contributed by atoms with van der Waals surface area (Å²) in [5.41, 5.74) is 0.673. The Labute approximate surface area is 134 Å². The third-order valence-corrected chi connectivity index (χ3v) is 4.95. The first-order valence-electron chi connectivity index (χ1n) is 7.24. The van der Waals surface area contributed by atoms with Crippen LogP contribution in [0.5, 0.6) is 0 Å². The zero-order valence-corrected chi connectivity index (χ0v) is 13.2. The zero-order valence-electron chi connectivity index (χ0n) is 12.3. The topological polar surface area (TPSA) is 97.0 Å². The van der Waals surface area contributed by atoms with Crippen LogP contribution < -0.4 is 4.72 Å². The second-order valence-electron chi connectivity index (χ2n) is 5.33. The molecule has 2 heterocycles. The van der Waals surface area contributed by atoms with E-state index < -0.39 is 10.0 Å². The maximum absolute atomic E-state index is 12.3. The predicted molar refractivity (Wildman–Crippen MR) is 83.2 cm³/mol. The largest absolute Gasteiger partial charge is 0.376 e. The SMILES string of the molecule is N#Cc1cccc(S(=O)(=O)Nc2cnn(CC3CCCO3)c2)c1. The van der Waals surface area contributed by atoms with E-state index in [2.05, 4.69) is 9.82 Å². The van der Waals surface area contributed by atoms with Gasteiger partial charge >= 0.3 is 0 Å². The second-order valence-corrected chi connectivity index (χ2v) is 7.01. The van der Waals surface area contributed by atoms with E-state index in [0.29, 0.717) is 17.8 Å². The molecule has 0 spiro atoms. The van der Waals surface area contributed by atoms with Crippen LogP contribution in [0.15, 0.2) is 41.6 Å². The minimum Gasteiger partial charge on any atom is -0.376 e. The van der Waals surface area contributed by atoms with Crippen LogP contribution >= 0.6 is 0 Å². The van der Waals surface area contributed by atoms with Crippen molar-refractivity contribution in [2.75, 3.05) is 11.3 Å². The van der Waals surface area contributed by atoms with Gasteiger partial charge in [-0.15, -0.1) is 0 Å². The lowest BCUT2D eigenvalue weighted by Crippen LogP contribution is -2.15. The van der Waals surface area contributed by atoms with Crippen LogP contribution in [0.4, 0.5) is 5.69 Å². The molecule has 0 bridgehead atoms. The molecule has 0 aliphatic carbocycles. The highest BCUT2D eigenvalue weighted by molar-refractivity contribution is 7.92. The molecule has 0 saturated carbocycles. The molecule has 1 aliphatic rings. The predicted octanol–water partition coefficient (Wildman–Crippen LogP) is 1.73. The highest BCUT2D eigenvalue weighted by Crippen LogP contribution is 2.18. The molecule has 7 nitrogen and oxygen atoms in total. The quantitative estimate of drug-likeness (QED) is 0.899. The molecule has 8 heteroatoms. The van der Waals surface area contributed by atoms with Crippen LogP contribution in [-0.4, -0.2) is 30.9 Å².